The van der Waals surface area contributed by atoms with Crippen LogP contribution < -0.4 is 4.90 Å². The van der Waals surface area contributed by atoms with Crippen LogP contribution in [0.3, 0.4) is 0 Å². The first kappa shape index (κ1) is 30.7. The van der Waals surface area contributed by atoms with Crippen molar-refractivity contribution in [3.63, 3.8) is 0 Å². The summed E-state index contributed by atoms with van der Waals surface area (Å²) in [7, 11) is 0. The van der Waals surface area contributed by atoms with E-state index < -0.39 is 68.1 Å². The van der Waals surface area contributed by atoms with E-state index in [1.54, 1.807) is 19.1 Å². The number of rotatable bonds is 6. The number of nitro benzene ring substituents is 2. The fourth-order valence-corrected chi connectivity index (χ4v) is 4.75. The van der Waals surface area contributed by atoms with Gasteiger partial charge in [0.1, 0.15) is 11.4 Å². The van der Waals surface area contributed by atoms with E-state index in [-0.39, 0.29) is 11.4 Å². The summed E-state index contributed by atoms with van der Waals surface area (Å²) < 4.78 is 81.4. The molecule has 0 unspecified atom stereocenters. The monoisotopic (exact) mass is 632 g/mol. The van der Waals surface area contributed by atoms with Crippen LogP contribution in [0.15, 0.2) is 85.5 Å². The summed E-state index contributed by atoms with van der Waals surface area (Å²) in [5.41, 5.74) is -4.42. The summed E-state index contributed by atoms with van der Waals surface area (Å²) in [4.78, 5) is 41.8. The molecule has 0 saturated heterocycles. The molecule has 1 atom stereocenters. The Bertz CT molecular complexity index is 1850. The second-order valence-electron chi connectivity index (χ2n) is 9.73. The Morgan fingerprint density at radius 2 is 1.33 bits per heavy atom. The van der Waals surface area contributed by atoms with Crippen LogP contribution in [0.4, 0.5) is 43.4 Å². The van der Waals surface area contributed by atoms with Crippen molar-refractivity contribution in [1.82, 2.24) is 14.5 Å². The number of alkyl halides is 6. The molecule has 2 heterocycles. The van der Waals surface area contributed by atoms with Crippen molar-refractivity contribution in [2.75, 3.05) is 4.90 Å². The molecular weight excluding hydrogens is 614 g/mol. The predicted octanol–water partition coefficient (Wildman–Crippen LogP) is 7.17. The maximum atomic E-state index is 13.7. The zero-order chi connectivity index (χ0) is 32.8. The Labute approximate surface area is 248 Å². The van der Waals surface area contributed by atoms with Gasteiger partial charge < -0.3 is 4.90 Å². The van der Waals surface area contributed by atoms with Crippen LogP contribution in [0.2, 0.25) is 0 Å². The van der Waals surface area contributed by atoms with E-state index in [0.29, 0.717) is 24.3 Å². The van der Waals surface area contributed by atoms with Crippen molar-refractivity contribution in [3.05, 3.63) is 134 Å². The molecule has 232 valence electrons. The highest BCUT2D eigenvalue weighted by Gasteiger charge is 2.41. The van der Waals surface area contributed by atoms with Gasteiger partial charge in [-0.3, -0.25) is 34.5 Å². The highest BCUT2D eigenvalue weighted by atomic mass is 19.4. The Morgan fingerprint density at radius 3 is 1.87 bits per heavy atom. The molecule has 0 radical (unpaired) electrons. The number of aryl methyl sites for hydroxylation is 1. The second-order valence-corrected chi connectivity index (χ2v) is 9.73. The summed E-state index contributed by atoms with van der Waals surface area (Å²) in [5.74, 6) is -0.928. The fourth-order valence-electron chi connectivity index (χ4n) is 4.75. The summed E-state index contributed by atoms with van der Waals surface area (Å²) in [6.07, 6.45) is -6.69. The van der Waals surface area contributed by atoms with Gasteiger partial charge in [0.05, 0.1) is 21.0 Å². The Balaban J connectivity index is 1.71. The first-order valence-corrected chi connectivity index (χ1v) is 12.7. The fraction of sp³-hybridized carbons (Fsp3) is 0.143. The quantitative estimate of drug-likeness (QED) is 0.125. The third-order valence-corrected chi connectivity index (χ3v) is 6.88. The molecule has 11 nitrogen and oxygen atoms in total. The number of hydrogen-bond donors (Lipinski definition) is 0. The largest absolute Gasteiger partial charge is 0.416 e. The molecule has 0 spiro atoms. The SMILES string of the molecule is Cc1ccc(C(=O)N2C=CN(c3ccc(C(F)(F)F)cc3[N+](=O)[O-])[C@@H]2c2nccn2-c2ccc(C(F)(F)F)cc2[N+](=O)[O-])cc1. The van der Waals surface area contributed by atoms with E-state index in [1.807, 2.05) is 0 Å². The van der Waals surface area contributed by atoms with Crippen molar-refractivity contribution >= 4 is 23.0 Å². The Hall–Kier alpha value is -5.74. The minimum Gasteiger partial charge on any atom is -0.313 e. The third-order valence-electron chi connectivity index (χ3n) is 6.88. The topological polar surface area (TPSA) is 128 Å². The zero-order valence-corrected chi connectivity index (χ0v) is 22.7. The van der Waals surface area contributed by atoms with Gasteiger partial charge in [-0.15, -0.1) is 0 Å². The number of carbonyl (C=O) groups excluding carboxylic acids is 1. The lowest BCUT2D eigenvalue weighted by Crippen LogP contribution is -2.37. The third kappa shape index (κ3) is 5.78. The van der Waals surface area contributed by atoms with Gasteiger partial charge in [-0.05, 0) is 43.3 Å². The molecule has 4 aromatic rings. The summed E-state index contributed by atoms with van der Waals surface area (Å²) in [6, 6.07) is 9.73. The molecular formula is C28H18F6N6O5. The van der Waals surface area contributed by atoms with Crippen molar-refractivity contribution in [3.8, 4) is 5.69 Å². The van der Waals surface area contributed by atoms with Crippen LogP contribution in [0, 0.1) is 27.2 Å². The number of carbonyl (C=O) groups is 1. The van der Waals surface area contributed by atoms with Crippen LogP contribution >= 0.6 is 0 Å². The lowest BCUT2D eigenvalue weighted by atomic mass is 10.1. The van der Waals surface area contributed by atoms with Gasteiger partial charge in [-0.1, -0.05) is 17.7 Å². The summed E-state index contributed by atoms with van der Waals surface area (Å²) in [5, 5.41) is 23.8. The normalized spacial score (nSPS) is 15.0. The number of benzene rings is 3. The molecule has 0 aliphatic carbocycles. The first-order valence-electron chi connectivity index (χ1n) is 12.7. The van der Waals surface area contributed by atoms with E-state index in [2.05, 4.69) is 4.98 Å². The van der Waals surface area contributed by atoms with E-state index >= 15 is 0 Å². The van der Waals surface area contributed by atoms with E-state index in [9.17, 15) is 51.4 Å². The average Bonchev–Trinajstić information content (AvgIpc) is 3.63. The van der Waals surface area contributed by atoms with Crippen molar-refractivity contribution < 1.29 is 41.0 Å². The van der Waals surface area contributed by atoms with Gasteiger partial charge in [0.15, 0.2) is 12.0 Å². The number of halogens is 6. The second kappa shape index (κ2) is 11.1. The number of amides is 1. The smallest absolute Gasteiger partial charge is 0.313 e. The summed E-state index contributed by atoms with van der Waals surface area (Å²) in [6.45, 7) is 1.77. The lowest BCUT2D eigenvalue weighted by molar-refractivity contribution is -0.384. The van der Waals surface area contributed by atoms with Crippen molar-refractivity contribution in [2.24, 2.45) is 0 Å². The van der Waals surface area contributed by atoms with Crippen molar-refractivity contribution in [2.45, 2.75) is 25.4 Å². The van der Waals surface area contributed by atoms with Crippen LogP contribution in [0.25, 0.3) is 5.69 Å². The number of nitrogens with zero attached hydrogens (tertiary/aromatic N) is 6. The van der Waals surface area contributed by atoms with Crippen LogP contribution in [0.1, 0.15) is 39.0 Å². The predicted molar refractivity (Wildman–Crippen MR) is 145 cm³/mol. The van der Waals surface area contributed by atoms with E-state index in [0.717, 1.165) is 44.5 Å². The number of imidazole rings is 1. The number of nitro groups is 2. The van der Waals surface area contributed by atoms with Gasteiger partial charge in [0.25, 0.3) is 17.3 Å². The molecule has 17 heteroatoms. The average molecular weight is 632 g/mol. The molecule has 1 aliphatic rings. The first-order chi connectivity index (χ1) is 21.1. The number of anilines is 1. The molecule has 1 amide bonds. The van der Waals surface area contributed by atoms with Gasteiger partial charge in [-0.25, -0.2) is 4.98 Å². The van der Waals surface area contributed by atoms with Gasteiger partial charge in [0.2, 0.25) is 0 Å². The lowest BCUT2D eigenvalue weighted by Gasteiger charge is -2.31. The Kier molecular flexibility index (Phi) is 7.56. The van der Waals surface area contributed by atoms with Crippen LogP contribution in [-0.4, -0.2) is 30.2 Å². The molecule has 1 aromatic heterocycles. The van der Waals surface area contributed by atoms with Crippen molar-refractivity contribution in [1.29, 1.82) is 0 Å². The van der Waals surface area contributed by atoms with E-state index in [1.165, 1.54) is 24.5 Å². The van der Waals surface area contributed by atoms with Crippen LogP contribution in [0.5, 0.6) is 0 Å². The van der Waals surface area contributed by atoms with Gasteiger partial charge in [0, 0.05) is 42.5 Å². The van der Waals surface area contributed by atoms with Gasteiger partial charge in [-0.2, -0.15) is 26.3 Å². The number of hydrogen-bond acceptors (Lipinski definition) is 7. The molecule has 0 saturated carbocycles. The molecule has 0 bridgehead atoms. The summed E-state index contributed by atoms with van der Waals surface area (Å²) >= 11 is 0. The van der Waals surface area contributed by atoms with Gasteiger partial charge >= 0.3 is 12.4 Å². The standard InChI is InChI=1S/C28H18F6N6O5/c1-16-2-4-17(5-3-16)26(41)38-13-12-37(21-9-7-19(28(32,33)34)15-23(21)40(44)45)25(38)24-35-10-11-36(24)20-8-6-18(27(29,30)31)14-22(20)39(42)43/h2-15,25H,1H3/t25-/m0/s1. The van der Waals surface area contributed by atoms with Crippen LogP contribution in [-0.2, 0) is 12.4 Å². The molecule has 45 heavy (non-hydrogen) atoms. The maximum absolute atomic E-state index is 13.7. The molecule has 3 aromatic carbocycles. The highest BCUT2D eigenvalue weighted by Crippen LogP contribution is 2.43. The van der Waals surface area contributed by atoms with E-state index in [4.69, 9.17) is 0 Å². The molecule has 5 rings (SSSR count). The molecule has 1 aliphatic heterocycles. The minimum absolute atomic E-state index is 0.137. The number of aromatic nitrogens is 2. The Morgan fingerprint density at radius 1 is 0.800 bits per heavy atom. The maximum Gasteiger partial charge on any atom is 0.416 e. The minimum atomic E-state index is -4.92. The molecule has 0 fully saturated rings. The highest BCUT2D eigenvalue weighted by molar-refractivity contribution is 5.96. The molecule has 0 N–H and O–H groups in total. The zero-order valence-electron chi connectivity index (χ0n) is 22.7.